The minimum atomic E-state index is -1.96. The van der Waals surface area contributed by atoms with Crippen LogP contribution in [0, 0.1) is 0 Å². The van der Waals surface area contributed by atoms with E-state index in [9.17, 15) is 9.59 Å². The second-order valence-electron chi connectivity index (χ2n) is 2.26. The molecule has 0 bridgehead atoms. The van der Waals surface area contributed by atoms with Gasteiger partial charge in [-0.25, -0.2) is 4.79 Å². The summed E-state index contributed by atoms with van der Waals surface area (Å²) < 4.78 is 0. The molecule has 11 heavy (non-hydrogen) atoms. The zero-order valence-corrected chi connectivity index (χ0v) is 5.99. The summed E-state index contributed by atoms with van der Waals surface area (Å²) in [5, 5.41) is 8.43. The smallest absolute Gasteiger partial charge is 0.385 e. The van der Waals surface area contributed by atoms with Crippen LogP contribution in [0.15, 0.2) is 0 Å². The van der Waals surface area contributed by atoms with Crippen LogP contribution in [-0.2, 0) is 19.4 Å². The fraction of sp³-hybridized carbons (Fsp3) is 0.667. The first kappa shape index (κ1) is 8.16. The van der Waals surface area contributed by atoms with Crippen LogP contribution in [0.4, 0.5) is 0 Å². The average Bonchev–Trinajstić information content (AvgIpc) is 2.66. The van der Waals surface area contributed by atoms with Crippen molar-refractivity contribution in [2.75, 3.05) is 0 Å². The number of hydrogen-bond donors (Lipinski definition) is 1. The number of ketones is 1. The predicted octanol–water partition coefficient (Wildman–Crippen LogP) is 0.0983. The Morgan fingerprint density at radius 2 is 2.00 bits per heavy atom. The molecule has 0 aromatic heterocycles. The van der Waals surface area contributed by atoms with Gasteiger partial charge >= 0.3 is 11.8 Å². The van der Waals surface area contributed by atoms with Crippen molar-refractivity contribution in [1.29, 1.82) is 0 Å². The van der Waals surface area contributed by atoms with Crippen LogP contribution in [0.1, 0.15) is 19.8 Å². The van der Waals surface area contributed by atoms with E-state index in [4.69, 9.17) is 5.11 Å². The van der Waals surface area contributed by atoms with Gasteiger partial charge in [-0.3, -0.25) is 4.79 Å². The average molecular weight is 160 g/mol. The molecular weight excluding hydrogens is 152 g/mol. The molecule has 0 spiro atoms. The molecule has 0 radical (unpaired) electrons. The lowest BCUT2D eigenvalue weighted by atomic mass is 10.1. The summed E-state index contributed by atoms with van der Waals surface area (Å²) >= 11 is 0. The summed E-state index contributed by atoms with van der Waals surface area (Å²) in [5.74, 6) is -3.88. The first-order chi connectivity index (χ1) is 5.13. The molecule has 1 N–H and O–H groups in total. The molecule has 0 aliphatic carbocycles. The molecule has 0 atom stereocenters. The van der Waals surface area contributed by atoms with Crippen LogP contribution in [0.3, 0.4) is 0 Å². The molecule has 5 heteroatoms. The summed E-state index contributed by atoms with van der Waals surface area (Å²) in [4.78, 5) is 29.5. The van der Waals surface area contributed by atoms with Gasteiger partial charge in [-0.2, -0.15) is 9.78 Å². The minimum absolute atomic E-state index is 0.159. The highest BCUT2D eigenvalue weighted by Gasteiger charge is 2.63. The molecule has 1 fully saturated rings. The van der Waals surface area contributed by atoms with Crippen molar-refractivity contribution in [1.82, 2.24) is 0 Å². The summed E-state index contributed by atoms with van der Waals surface area (Å²) in [6.07, 6.45) is 0.743. The summed E-state index contributed by atoms with van der Waals surface area (Å²) in [5.41, 5.74) is 0. The maximum atomic E-state index is 10.9. The van der Waals surface area contributed by atoms with Gasteiger partial charge in [0.05, 0.1) is 0 Å². The number of carbonyl (C=O) groups excluding carboxylic acids is 1. The van der Waals surface area contributed by atoms with E-state index in [1.54, 1.807) is 6.92 Å². The summed E-state index contributed by atoms with van der Waals surface area (Å²) in [7, 11) is 0. The van der Waals surface area contributed by atoms with Crippen molar-refractivity contribution < 1.29 is 24.5 Å². The minimum Gasteiger partial charge on any atom is -0.477 e. The number of carbonyl (C=O) groups is 2. The lowest BCUT2D eigenvalue weighted by Crippen LogP contribution is -2.33. The third kappa shape index (κ3) is 1.24. The lowest BCUT2D eigenvalue weighted by Gasteiger charge is -1.97. The summed E-state index contributed by atoms with van der Waals surface area (Å²) in [6, 6.07) is 0. The Morgan fingerprint density at radius 3 is 2.27 bits per heavy atom. The third-order valence-corrected chi connectivity index (χ3v) is 1.38. The molecule has 1 rings (SSSR count). The second-order valence-corrected chi connectivity index (χ2v) is 2.26. The maximum absolute atomic E-state index is 10.9. The molecule has 5 nitrogen and oxygen atoms in total. The van der Waals surface area contributed by atoms with Crippen molar-refractivity contribution in [2.45, 2.75) is 25.6 Å². The highest BCUT2D eigenvalue weighted by molar-refractivity contribution is 6.06. The van der Waals surface area contributed by atoms with E-state index in [0.717, 1.165) is 0 Å². The maximum Gasteiger partial charge on any atom is 0.385 e. The van der Waals surface area contributed by atoms with Gasteiger partial charge in [-0.05, 0) is 6.42 Å². The van der Waals surface area contributed by atoms with Gasteiger partial charge in [0.25, 0.3) is 0 Å². The molecular formula is C6H8O5. The number of Topliss-reactive ketones (excluding diaryl/α,β-unsaturated/α-hetero) is 1. The highest BCUT2D eigenvalue weighted by Crippen LogP contribution is 2.32. The number of carboxylic acid groups (broad SMARTS) is 1. The van der Waals surface area contributed by atoms with Crippen molar-refractivity contribution in [3.05, 3.63) is 0 Å². The van der Waals surface area contributed by atoms with Crippen molar-refractivity contribution in [2.24, 2.45) is 0 Å². The molecule has 1 aliphatic rings. The van der Waals surface area contributed by atoms with E-state index in [1.807, 2.05) is 0 Å². The van der Waals surface area contributed by atoms with Crippen LogP contribution < -0.4 is 0 Å². The Bertz CT molecular complexity index is 193. The Kier molecular flexibility index (Phi) is 1.92. The largest absolute Gasteiger partial charge is 0.477 e. The van der Waals surface area contributed by atoms with E-state index in [-0.39, 0.29) is 6.42 Å². The van der Waals surface area contributed by atoms with Crippen LogP contribution >= 0.6 is 0 Å². The van der Waals surface area contributed by atoms with E-state index in [0.29, 0.717) is 6.42 Å². The quantitative estimate of drug-likeness (QED) is 0.358. The van der Waals surface area contributed by atoms with Gasteiger partial charge in [0.15, 0.2) is 0 Å². The van der Waals surface area contributed by atoms with Crippen LogP contribution in [0.5, 0.6) is 0 Å². The predicted molar refractivity (Wildman–Crippen MR) is 32.5 cm³/mol. The van der Waals surface area contributed by atoms with Gasteiger partial charge in [0.2, 0.25) is 5.78 Å². The topological polar surface area (TPSA) is 79.4 Å². The number of aliphatic carboxylic acids is 1. The third-order valence-electron chi connectivity index (χ3n) is 1.38. The lowest BCUT2D eigenvalue weighted by molar-refractivity contribution is -0.149. The van der Waals surface area contributed by atoms with Gasteiger partial charge in [0.1, 0.15) is 0 Å². The molecule has 0 aromatic rings. The number of carboxylic acids is 1. The second kappa shape index (κ2) is 2.60. The summed E-state index contributed by atoms with van der Waals surface area (Å²) in [6.45, 7) is 1.77. The van der Waals surface area contributed by atoms with E-state index < -0.39 is 17.5 Å². The Hall–Kier alpha value is -0.940. The fourth-order valence-electron chi connectivity index (χ4n) is 0.717. The molecule has 62 valence electrons. The Morgan fingerprint density at radius 1 is 1.45 bits per heavy atom. The van der Waals surface area contributed by atoms with Crippen molar-refractivity contribution in [3.63, 3.8) is 0 Å². The highest BCUT2D eigenvalue weighted by atomic mass is 17.4. The molecule has 1 aliphatic heterocycles. The fourth-order valence-corrected chi connectivity index (χ4v) is 0.717. The van der Waals surface area contributed by atoms with Gasteiger partial charge in [0, 0.05) is 6.42 Å². The molecule has 1 saturated heterocycles. The van der Waals surface area contributed by atoms with Crippen molar-refractivity contribution in [3.8, 4) is 0 Å². The van der Waals surface area contributed by atoms with Gasteiger partial charge in [-0.15, -0.1) is 0 Å². The van der Waals surface area contributed by atoms with Crippen LogP contribution in [0.2, 0.25) is 0 Å². The number of rotatable bonds is 4. The first-order valence-electron chi connectivity index (χ1n) is 3.27. The van der Waals surface area contributed by atoms with E-state index in [2.05, 4.69) is 9.78 Å². The number of hydrogen-bond acceptors (Lipinski definition) is 4. The van der Waals surface area contributed by atoms with Gasteiger partial charge in [-0.1, -0.05) is 6.92 Å². The van der Waals surface area contributed by atoms with E-state index >= 15 is 0 Å². The van der Waals surface area contributed by atoms with Crippen LogP contribution in [-0.4, -0.2) is 22.6 Å². The Balaban J connectivity index is 2.58. The monoisotopic (exact) mass is 160 g/mol. The molecule has 0 unspecified atom stereocenters. The standard InChI is InChI=1S/C6H8O5/c1-2-3-4(7)6(5(8)9)10-11-6/h2-3H2,1H3,(H,8,9). The zero-order valence-electron chi connectivity index (χ0n) is 5.99. The van der Waals surface area contributed by atoms with Gasteiger partial charge < -0.3 is 5.11 Å². The first-order valence-corrected chi connectivity index (χ1v) is 3.27. The molecule has 0 amide bonds. The molecule has 0 aromatic carbocycles. The molecule has 0 saturated carbocycles. The Labute approximate surface area is 62.8 Å². The molecule has 1 heterocycles. The van der Waals surface area contributed by atoms with Crippen LogP contribution in [0.25, 0.3) is 0 Å². The normalized spacial score (nSPS) is 19.4. The SMILES string of the molecule is CCCC(=O)C1(C(=O)O)OO1. The van der Waals surface area contributed by atoms with Crippen molar-refractivity contribution >= 4 is 11.8 Å². The zero-order chi connectivity index (χ0) is 8.48. The van der Waals surface area contributed by atoms with E-state index in [1.165, 1.54) is 0 Å².